The summed E-state index contributed by atoms with van der Waals surface area (Å²) in [6.45, 7) is 12.9. The van der Waals surface area contributed by atoms with E-state index in [4.69, 9.17) is 0 Å². The highest BCUT2D eigenvalue weighted by molar-refractivity contribution is 8.00. The van der Waals surface area contributed by atoms with E-state index in [9.17, 15) is 4.39 Å². The lowest BCUT2D eigenvalue weighted by molar-refractivity contribution is 0.418. The predicted octanol–water partition coefficient (Wildman–Crippen LogP) is 3.44. The molecule has 3 nitrogen and oxygen atoms in total. The van der Waals surface area contributed by atoms with Crippen LogP contribution in [0.25, 0.3) is 0 Å². The number of nitrogens with zero attached hydrogens (tertiary/aromatic N) is 2. The molecular formula is C16H26FN3S. The average molecular weight is 311 g/mol. The third kappa shape index (κ3) is 4.58. The normalized spacial score (nSPS) is 23.4. The fourth-order valence-electron chi connectivity index (χ4n) is 2.54. The fraction of sp³-hybridized carbons (Fsp3) is 0.688. The lowest BCUT2D eigenvalue weighted by Crippen LogP contribution is -2.41. The zero-order chi connectivity index (χ0) is 15.6. The zero-order valence-corrected chi connectivity index (χ0v) is 14.4. The lowest BCUT2D eigenvalue weighted by atomic mass is 10.1. The van der Waals surface area contributed by atoms with Crippen LogP contribution in [0.1, 0.15) is 40.2 Å². The number of rotatable bonds is 3. The molecule has 0 spiro atoms. The smallest absolute Gasteiger partial charge is 0.170 e. The van der Waals surface area contributed by atoms with Crippen molar-refractivity contribution in [3.8, 4) is 0 Å². The molecule has 0 amide bonds. The first-order valence-electron chi connectivity index (χ1n) is 7.55. The van der Waals surface area contributed by atoms with Gasteiger partial charge in [0.25, 0.3) is 0 Å². The molecule has 1 aromatic rings. The van der Waals surface area contributed by atoms with E-state index in [1.807, 2.05) is 11.8 Å². The molecule has 1 saturated heterocycles. The standard InChI is InChI=1S/C16H26FN3S/c1-11-9-20(10-12(2)21-11)15-14(17)13(6-7-18-15)8-19-16(3,4)5/h6-7,11-12,19H,8-10H2,1-5H3. The van der Waals surface area contributed by atoms with E-state index >= 15 is 0 Å². The van der Waals surface area contributed by atoms with Gasteiger partial charge in [-0.25, -0.2) is 9.37 Å². The van der Waals surface area contributed by atoms with Crippen molar-refractivity contribution in [3.63, 3.8) is 0 Å². The average Bonchev–Trinajstić information content (AvgIpc) is 2.35. The number of aromatic nitrogens is 1. The zero-order valence-electron chi connectivity index (χ0n) is 13.6. The monoisotopic (exact) mass is 311 g/mol. The van der Waals surface area contributed by atoms with Gasteiger partial charge in [0.05, 0.1) is 0 Å². The molecule has 2 unspecified atom stereocenters. The number of hydrogen-bond acceptors (Lipinski definition) is 4. The SMILES string of the molecule is CC1CN(c2nccc(CNC(C)(C)C)c2F)CC(C)S1. The Labute approximate surface area is 131 Å². The summed E-state index contributed by atoms with van der Waals surface area (Å²) in [4.78, 5) is 6.37. The van der Waals surface area contributed by atoms with Gasteiger partial charge in [-0.1, -0.05) is 13.8 Å². The van der Waals surface area contributed by atoms with E-state index in [0.29, 0.717) is 28.4 Å². The predicted molar refractivity (Wildman–Crippen MR) is 89.5 cm³/mol. The molecule has 2 heterocycles. The van der Waals surface area contributed by atoms with E-state index in [1.54, 1.807) is 12.3 Å². The van der Waals surface area contributed by atoms with Crippen molar-refractivity contribution in [2.24, 2.45) is 0 Å². The molecular weight excluding hydrogens is 285 g/mol. The molecule has 2 atom stereocenters. The molecule has 0 aromatic carbocycles. The number of nitrogens with one attached hydrogen (secondary N) is 1. The Kier molecular flexibility index (Phi) is 5.15. The van der Waals surface area contributed by atoms with Crippen LogP contribution in [0.3, 0.4) is 0 Å². The summed E-state index contributed by atoms with van der Waals surface area (Å²) in [7, 11) is 0. The number of anilines is 1. The first kappa shape index (κ1) is 16.6. The Morgan fingerprint density at radius 3 is 2.52 bits per heavy atom. The van der Waals surface area contributed by atoms with Crippen molar-refractivity contribution >= 4 is 17.6 Å². The first-order chi connectivity index (χ1) is 9.76. The Balaban J connectivity index is 2.17. The van der Waals surface area contributed by atoms with Gasteiger partial charge in [0.1, 0.15) is 0 Å². The molecule has 0 bridgehead atoms. The number of pyridine rings is 1. The lowest BCUT2D eigenvalue weighted by Gasteiger charge is -2.35. The molecule has 21 heavy (non-hydrogen) atoms. The van der Waals surface area contributed by atoms with Gasteiger partial charge in [0, 0.05) is 47.4 Å². The van der Waals surface area contributed by atoms with Gasteiger partial charge in [-0.15, -0.1) is 0 Å². The van der Waals surface area contributed by atoms with Gasteiger partial charge in [-0.05, 0) is 26.8 Å². The summed E-state index contributed by atoms with van der Waals surface area (Å²) in [5, 5.41) is 4.35. The molecule has 1 fully saturated rings. The summed E-state index contributed by atoms with van der Waals surface area (Å²) >= 11 is 1.96. The van der Waals surface area contributed by atoms with Crippen molar-refractivity contribution in [3.05, 3.63) is 23.6 Å². The summed E-state index contributed by atoms with van der Waals surface area (Å²) in [5.41, 5.74) is 0.661. The van der Waals surface area contributed by atoms with Gasteiger partial charge < -0.3 is 10.2 Å². The minimum absolute atomic E-state index is 0.0271. The van der Waals surface area contributed by atoms with Gasteiger partial charge in [0.2, 0.25) is 0 Å². The molecule has 1 aliphatic heterocycles. The van der Waals surface area contributed by atoms with E-state index < -0.39 is 0 Å². The van der Waals surface area contributed by atoms with Crippen LogP contribution in [0.15, 0.2) is 12.3 Å². The molecule has 5 heteroatoms. The van der Waals surface area contributed by atoms with E-state index in [0.717, 1.165) is 13.1 Å². The highest BCUT2D eigenvalue weighted by Gasteiger charge is 2.26. The van der Waals surface area contributed by atoms with E-state index in [-0.39, 0.29) is 11.4 Å². The Hall–Kier alpha value is -0.810. The van der Waals surface area contributed by atoms with Crippen molar-refractivity contribution < 1.29 is 4.39 Å². The largest absolute Gasteiger partial charge is 0.352 e. The molecule has 0 aliphatic carbocycles. The number of thioether (sulfide) groups is 1. The number of hydrogen-bond donors (Lipinski definition) is 1. The molecule has 1 aliphatic rings. The van der Waals surface area contributed by atoms with Crippen LogP contribution in [0, 0.1) is 5.82 Å². The van der Waals surface area contributed by atoms with Crippen LogP contribution in [-0.4, -0.2) is 34.1 Å². The summed E-state index contributed by atoms with van der Waals surface area (Å²) in [6.07, 6.45) is 1.72. The van der Waals surface area contributed by atoms with Crippen LogP contribution in [0.4, 0.5) is 10.2 Å². The Bertz CT molecular complexity index is 477. The van der Waals surface area contributed by atoms with Crippen LogP contribution in [0.5, 0.6) is 0 Å². The highest BCUT2D eigenvalue weighted by Crippen LogP contribution is 2.29. The quantitative estimate of drug-likeness (QED) is 0.925. The van der Waals surface area contributed by atoms with E-state index in [1.165, 1.54) is 0 Å². The van der Waals surface area contributed by atoms with Crippen LogP contribution in [-0.2, 0) is 6.54 Å². The Morgan fingerprint density at radius 2 is 1.95 bits per heavy atom. The maximum absolute atomic E-state index is 14.7. The maximum atomic E-state index is 14.7. The van der Waals surface area contributed by atoms with Gasteiger partial charge >= 0.3 is 0 Å². The summed E-state index contributed by atoms with van der Waals surface area (Å²) in [5.74, 6) is 0.322. The summed E-state index contributed by atoms with van der Waals surface area (Å²) in [6, 6.07) is 1.77. The topological polar surface area (TPSA) is 28.2 Å². The molecule has 0 saturated carbocycles. The second-order valence-corrected chi connectivity index (χ2v) is 8.76. The first-order valence-corrected chi connectivity index (χ1v) is 8.49. The molecule has 118 valence electrons. The highest BCUT2D eigenvalue weighted by atomic mass is 32.2. The minimum Gasteiger partial charge on any atom is -0.352 e. The van der Waals surface area contributed by atoms with Crippen LogP contribution in [0.2, 0.25) is 0 Å². The molecule has 2 rings (SSSR count). The second-order valence-electron chi connectivity index (χ2n) is 6.87. The van der Waals surface area contributed by atoms with Crippen LogP contribution >= 0.6 is 11.8 Å². The second kappa shape index (κ2) is 6.53. The van der Waals surface area contributed by atoms with Gasteiger partial charge in [0.15, 0.2) is 11.6 Å². The summed E-state index contributed by atoms with van der Waals surface area (Å²) < 4.78 is 14.7. The van der Waals surface area contributed by atoms with Crippen LogP contribution < -0.4 is 10.2 Å². The maximum Gasteiger partial charge on any atom is 0.170 e. The van der Waals surface area contributed by atoms with Crippen molar-refractivity contribution in [1.82, 2.24) is 10.3 Å². The minimum atomic E-state index is -0.180. The van der Waals surface area contributed by atoms with Crippen molar-refractivity contribution in [1.29, 1.82) is 0 Å². The van der Waals surface area contributed by atoms with Crippen molar-refractivity contribution in [2.45, 2.75) is 57.2 Å². The Morgan fingerprint density at radius 1 is 1.33 bits per heavy atom. The fourth-order valence-corrected chi connectivity index (χ4v) is 3.86. The van der Waals surface area contributed by atoms with Gasteiger partial charge in [-0.2, -0.15) is 11.8 Å². The van der Waals surface area contributed by atoms with E-state index in [2.05, 4.69) is 49.8 Å². The van der Waals surface area contributed by atoms with Gasteiger partial charge in [-0.3, -0.25) is 0 Å². The third-order valence-corrected chi connectivity index (χ3v) is 4.71. The molecule has 0 radical (unpaired) electrons. The van der Waals surface area contributed by atoms with Crippen molar-refractivity contribution in [2.75, 3.05) is 18.0 Å². The molecule has 1 N–H and O–H groups in total. The molecule has 1 aromatic heterocycles. The third-order valence-electron chi connectivity index (χ3n) is 3.48. The number of halogens is 1.